The molecular weight excluding hydrogens is 1260 g/mol. The van der Waals surface area contributed by atoms with Gasteiger partial charge in [0, 0.05) is 58.6 Å². The van der Waals surface area contributed by atoms with Gasteiger partial charge in [-0.3, -0.25) is 24.2 Å². The molecule has 2 aromatic heterocycles. The normalized spacial score (nSPS) is 42.9. The molecule has 524 valence electrons. The molecule has 2 aromatic rings. The third-order valence-corrected chi connectivity index (χ3v) is 29.4. The second-order valence-corrected chi connectivity index (χ2v) is 34.2. The molecular formula is C78H115BrN6O10. The summed E-state index contributed by atoms with van der Waals surface area (Å²) in [4.78, 5) is 38.1. The van der Waals surface area contributed by atoms with Crippen LogP contribution in [0.3, 0.4) is 0 Å². The molecule has 0 saturated heterocycles. The van der Waals surface area contributed by atoms with E-state index in [-0.39, 0.29) is 62.6 Å². The number of ether oxygens (including phenoxy) is 3. The van der Waals surface area contributed by atoms with Crippen LogP contribution in [0.4, 0.5) is 0 Å². The van der Waals surface area contributed by atoms with Crippen molar-refractivity contribution in [2.75, 3.05) is 53.6 Å². The van der Waals surface area contributed by atoms with Gasteiger partial charge in [0.05, 0.1) is 72.0 Å². The highest BCUT2D eigenvalue weighted by atomic mass is 79.9. The first kappa shape index (κ1) is 73.5. The van der Waals surface area contributed by atoms with E-state index in [0.717, 1.165) is 116 Å². The smallest absolute Gasteiger partial charge is 0.157 e. The second-order valence-electron chi connectivity index (χ2n) is 33.6. The van der Waals surface area contributed by atoms with Gasteiger partial charge >= 0.3 is 0 Å². The molecule has 0 amide bonds. The third-order valence-electron chi connectivity index (χ3n) is 28.9. The number of nitriles is 2. The molecule has 0 spiro atoms. The molecule has 12 aliphatic rings. The maximum atomic E-state index is 13.4. The highest BCUT2D eigenvalue weighted by molar-refractivity contribution is 9.09. The number of allylic oxidation sites excluding steroid dienone is 6. The van der Waals surface area contributed by atoms with E-state index < -0.39 is 16.8 Å². The highest BCUT2D eigenvalue weighted by Crippen LogP contribution is 2.70. The van der Waals surface area contributed by atoms with Crippen LogP contribution in [0.5, 0.6) is 0 Å². The summed E-state index contributed by atoms with van der Waals surface area (Å²) in [6, 6.07) is 4.00. The summed E-state index contributed by atoms with van der Waals surface area (Å²) in [5.41, 5.74) is 5.03. The Morgan fingerprint density at radius 2 is 0.937 bits per heavy atom. The Labute approximate surface area is 575 Å². The molecule has 16 nitrogen and oxygen atoms in total. The predicted octanol–water partition coefficient (Wildman–Crippen LogP) is 13.6. The van der Waals surface area contributed by atoms with Crippen LogP contribution in [0.1, 0.15) is 214 Å². The van der Waals surface area contributed by atoms with Crippen molar-refractivity contribution in [3.63, 3.8) is 0 Å². The first-order valence-electron chi connectivity index (χ1n) is 36.3. The van der Waals surface area contributed by atoms with E-state index in [4.69, 9.17) is 29.8 Å². The van der Waals surface area contributed by atoms with Crippen LogP contribution in [0, 0.1) is 126 Å². The standard InChI is InChI=1S/C27H37N3O3.C23H35BrO3.C23H36O3.C4H3N3.CH4O/c1-25-10-11-27(32,17-33-3)12-19(25)4-5-20-21-6-7-23(26(21,2)9-8-22(20)25)24(31)16-30-15-18(13-28)14-29-30;1-21-10-11-23(26,14-27-3)12-15(21)4-5-16-17-6-7-19(20(25)13-24)22(17,2)9-8-18(16)21;1-15(24)18-7-8-19-17-6-5-16-13-23(25,14-26-4)12-11-21(16,2)20(17)9-10-22(18,19)3;5-1-4-2-6-7-3-4;1-2/h8,14-15,19-21,23,32H,4-7,9-12,16-17H2,1-3H3;8,15-17,19,26H,4-7,9-14H2,1-3H3;9,16-19,25H,5-8,10-14H2,1-4H3;2-3H,(H,6,7);2H,1H3/t19-,20+,21+,23-,25+,26+,27-;15-,16+,17+,19-,21+,22+,23-;16-,17+,18-,19+,21+,22-,23-;;/m111../s1. The summed E-state index contributed by atoms with van der Waals surface area (Å²) >= 11 is 3.41. The number of ketones is 3. The quantitative estimate of drug-likeness (QED) is 0.0979. The van der Waals surface area contributed by atoms with E-state index in [9.17, 15) is 29.7 Å². The Morgan fingerprint density at radius 1 is 0.558 bits per heavy atom. The number of methoxy groups -OCH3 is 3. The lowest BCUT2D eigenvalue weighted by molar-refractivity contribution is -0.128. The fraction of sp³-hybridized carbons (Fsp3) is 0.782. The SMILES string of the molecule is CO.COC[C@@]1(O)CC[C@]2(C)C3=CC[C@]4(C)[C@@H](C(=O)CBr)CC[C@H]4[C@@H]3CC[C@@H]2C1.COC[C@@]1(O)CC[C@]2(C)C3=CC[C@]4(C)[C@@H](C(=O)Cn5cc(C#N)cn5)CC[C@H]4[C@@H]3CC[C@@H]2C1.COC[C@@]1(O)CC[C@]2(C)C3=CC[C@]4(C)[C@@H](C(C)=O)CC[C@H]4[C@@H]3CC[C@@H]2C1.N#Cc1cn[nH]c1. The number of hydrogen-bond donors (Lipinski definition) is 5. The zero-order valence-corrected chi connectivity index (χ0v) is 60.9. The Morgan fingerprint density at radius 3 is 1.26 bits per heavy atom. The number of nitrogens with one attached hydrogen (secondary N) is 1. The predicted molar refractivity (Wildman–Crippen MR) is 369 cm³/mol. The number of aliphatic hydroxyl groups is 4. The molecule has 5 N–H and O–H groups in total. The molecule has 0 aromatic carbocycles. The number of H-pyrrole nitrogens is 1. The van der Waals surface area contributed by atoms with Gasteiger partial charge in [-0.2, -0.15) is 20.7 Å². The number of nitrogens with zero attached hydrogens (tertiary/aromatic N) is 5. The van der Waals surface area contributed by atoms with Crippen molar-refractivity contribution < 1.29 is 49.0 Å². The van der Waals surface area contributed by atoms with Gasteiger partial charge in [0.15, 0.2) is 5.78 Å². The Hall–Kier alpha value is -4.17. The molecule has 95 heavy (non-hydrogen) atoms. The molecule has 2 heterocycles. The van der Waals surface area contributed by atoms with E-state index in [0.29, 0.717) is 101 Å². The van der Waals surface area contributed by atoms with Crippen LogP contribution < -0.4 is 0 Å². The van der Waals surface area contributed by atoms with Crippen LogP contribution in [-0.4, -0.2) is 128 Å². The molecule has 0 unspecified atom stereocenters. The van der Waals surface area contributed by atoms with Crippen LogP contribution in [0.25, 0.3) is 0 Å². The zero-order chi connectivity index (χ0) is 68.7. The van der Waals surface area contributed by atoms with Crippen molar-refractivity contribution in [2.24, 2.45) is 104 Å². The summed E-state index contributed by atoms with van der Waals surface area (Å²) in [7, 11) is 6.07. The summed E-state index contributed by atoms with van der Waals surface area (Å²) in [6.07, 6.45) is 38.9. The van der Waals surface area contributed by atoms with Gasteiger partial charge in [0.25, 0.3) is 0 Å². The summed E-state index contributed by atoms with van der Waals surface area (Å²) in [5.74, 6) is 6.97. The fourth-order valence-corrected chi connectivity index (χ4v) is 24.3. The largest absolute Gasteiger partial charge is 0.400 e. The Balaban J connectivity index is 0.000000146. The highest BCUT2D eigenvalue weighted by Gasteiger charge is 2.63. The molecule has 21 atom stereocenters. The van der Waals surface area contributed by atoms with E-state index in [1.54, 1.807) is 62.0 Å². The van der Waals surface area contributed by atoms with Crippen molar-refractivity contribution in [1.82, 2.24) is 20.0 Å². The van der Waals surface area contributed by atoms with Crippen LogP contribution in [0.2, 0.25) is 0 Å². The Bertz CT molecular complexity index is 3260. The molecule has 0 radical (unpaired) electrons. The second kappa shape index (κ2) is 28.8. The lowest BCUT2D eigenvalue weighted by atomic mass is 9.47. The number of aromatic amines is 1. The first-order valence-corrected chi connectivity index (χ1v) is 37.4. The summed E-state index contributed by atoms with van der Waals surface area (Å²) in [6.45, 7) is 17.9. The average Bonchev–Trinajstić information content (AvgIpc) is 1.70. The maximum Gasteiger partial charge on any atom is 0.157 e. The van der Waals surface area contributed by atoms with Crippen LogP contribution >= 0.6 is 15.9 Å². The fourth-order valence-electron chi connectivity index (χ4n) is 23.9. The molecule has 14 rings (SSSR count). The lowest BCUT2D eigenvalue weighted by Crippen LogP contribution is -2.52. The van der Waals surface area contributed by atoms with Gasteiger partial charge in [-0.05, 0) is 247 Å². The van der Waals surface area contributed by atoms with Gasteiger partial charge in [-0.25, -0.2) is 0 Å². The van der Waals surface area contributed by atoms with Crippen LogP contribution in [-0.2, 0) is 35.1 Å². The number of carbonyl (C=O) groups is 3. The molecule has 12 aliphatic carbocycles. The molecule has 9 fully saturated rings. The van der Waals surface area contributed by atoms with E-state index in [2.05, 4.69) is 97.1 Å². The van der Waals surface area contributed by atoms with E-state index in [1.807, 2.05) is 6.07 Å². The summed E-state index contributed by atoms with van der Waals surface area (Å²) < 4.78 is 17.6. The molecule has 0 aliphatic heterocycles. The average molecular weight is 1380 g/mol. The summed E-state index contributed by atoms with van der Waals surface area (Å²) in [5, 5.41) is 67.8. The van der Waals surface area contributed by atoms with Gasteiger partial charge in [0.1, 0.15) is 23.7 Å². The number of aliphatic hydroxyl groups excluding tert-OH is 1. The zero-order valence-electron chi connectivity index (χ0n) is 59.3. The van der Waals surface area contributed by atoms with Gasteiger partial charge in [-0.15, -0.1) is 0 Å². The number of fused-ring (bicyclic) bond motifs is 15. The minimum absolute atomic E-state index is 0.00507. The molecule has 0 bridgehead atoms. The maximum absolute atomic E-state index is 13.4. The lowest BCUT2D eigenvalue weighted by Gasteiger charge is -2.58. The van der Waals surface area contributed by atoms with Gasteiger partial charge < -0.3 is 34.6 Å². The van der Waals surface area contributed by atoms with Crippen molar-refractivity contribution in [1.29, 1.82) is 10.5 Å². The van der Waals surface area contributed by atoms with Crippen molar-refractivity contribution in [3.05, 3.63) is 70.9 Å². The number of alkyl halides is 1. The topological polar surface area (TPSA) is 254 Å². The van der Waals surface area contributed by atoms with Gasteiger partial charge in [0.2, 0.25) is 0 Å². The number of hydrogen-bond acceptors (Lipinski definition) is 14. The number of Topliss-reactive ketones (excluding diaryl/α,β-unsaturated/α-hetero) is 3. The van der Waals surface area contributed by atoms with E-state index in [1.165, 1.54) is 57.3 Å². The van der Waals surface area contributed by atoms with Crippen LogP contribution in [0.15, 0.2) is 59.7 Å². The number of carbonyl (C=O) groups excluding carboxylic acids is 3. The Kier molecular flexibility index (Phi) is 22.3. The van der Waals surface area contributed by atoms with Crippen molar-refractivity contribution in [3.8, 4) is 12.1 Å². The molecule has 17 heteroatoms. The number of rotatable bonds is 12. The minimum Gasteiger partial charge on any atom is -0.400 e. The van der Waals surface area contributed by atoms with Gasteiger partial charge in [-0.1, -0.05) is 92.4 Å². The number of halogens is 1. The minimum atomic E-state index is -0.682. The van der Waals surface area contributed by atoms with Crippen molar-refractivity contribution in [2.45, 2.75) is 226 Å². The third kappa shape index (κ3) is 13.6. The number of aromatic nitrogens is 4. The first-order chi connectivity index (χ1) is 45.2. The monoisotopic (exact) mass is 1370 g/mol. The molecule has 9 saturated carbocycles. The van der Waals surface area contributed by atoms with E-state index >= 15 is 0 Å². The van der Waals surface area contributed by atoms with Crippen molar-refractivity contribution >= 4 is 33.3 Å².